The molecule has 2 rings (SSSR count). The molecule has 0 saturated carbocycles. The molecule has 0 aliphatic heterocycles. The lowest BCUT2D eigenvalue weighted by atomic mass is 10.1. The first kappa shape index (κ1) is 15.7. The fourth-order valence-electron chi connectivity index (χ4n) is 1.98. The Morgan fingerprint density at radius 2 is 1.77 bits per heavy atom. The molecular formula is C16H17N3O3. The Balaban J connectivity index is 1.84. The molecular weight excluding hydrogens is 282 g/mol. The summed E-state index contributed by atoms with van der Waals surface area (Å²) in [7, 11) is 0. The third kappa shape index (κ3) is 4.39. The molecule has 0 aliphatic carbocycles. The molecule has 0 bridgehead atoms. The number of non-ortho nitro benzene ring substituents is 1. The van der Waals surface area contributed by atoms with E-state index in [0.29, 0.717) is 5.69 Å². The highest BCUT2D eigenvalue weighted by molar-refractivity contribution is 5.92. The number of nitrogens with zero attached hydrogens (tertiary/aromatic N) is 1. The average Bonchev–Trinajstić information content (AvgIpc) is 2.54. The fraction of sp³-hybridized carbons (Fsp3) is 0.188. The van der Waals surface area contributed by atoms with Gasteiger partial charge in [-0.2, -0.15) is 0 Å². The number of hydrogen-bond donors (Lipinski definition) is 2. The Kier molecular flexibility index (Phi) is 5.21. The van der Waals surface area contributed by atoms with E-state index >= 15 is 0 Å². The van der Waals surface area contributed by atoms with E-state index in [0.717, 1.165) is 5.56 Å². The molecule has 2 N–H and O–H groups in total. The van der Waals surface area contributed by atoms with Crippen molar-refractivity contribution >= 4 is 17.3 Å². The first-order valence-corrected chi connectivity index (χ1v) is 6.89. The molecule has 0 spiro atoms. The zero-order valence-corrected chi connectivity index (χ0v) is 12.2. The predicted octanol–water partition coefficient (Wildman–Crippen LogP) is 2.88. The molecule has 2 aromatic carbocycles. The van der Waals surface area contributed by atoms with Gasteiger partial charge in [0.25, 0.3) is 5.69 Å². The first-order valence-electron chi connectivity index (χ1n) is 6.89. The van der Waals surface area contributed by atoms with E-state index in [4.69, 9.17) is 0 Å². The highest BCUT2D eigenvalue weighted by Crippen LogP contribution is 2.15. The van der Waals surface area contributed by atoms with E-state index < -0.39 is 4.92 Å². The van der Waals surface area contributed by atoms with Crippen LogP contribution in [0.3, 0.4) is 0 Å². The normalized spacial score (nSPS) is 11.7. The largest absolute Gasteiger partial charge is 0.325 e. The van der Waals surface area contributed by atoms with Crippen LogP contribution in [0.1, 0.15) is 18.5 Å². The predicted molar refractivity (Wildman–Crippen MR) is 84.6 cm³/mol. The second-order valence-electron chi connectivity index (χ2n) is 4.87. The van der Waals surface area contributed by atoms with E-state index in [1.54, 1.807) is 0 Å². The molecule has 0 aliphatic rings. The van der Waals surface area contributed by atoms with Crippen molar-refractivity contribution in [3.05, 3.63) is 70.3 Å². The van der Waals surface area contributed by atoms with Crippen molar-refractivity contribution in [3.8, 4) is 0 Å². The third-order valence-electron chi connectivity index (χ3n) is 3.23. The Morgan fingerprint density at radius 3 is 2.36 bits per heavy atom. The van der Waals surface area contributed by atoms with Crippen LogP contribution in [0.15, 0.2) is 54.6 Å². The Bertz CT molecular complexity index is 641. The maximum atomic E-state index is 11.9. The summed E-state index contributed by atoms with van der Waals surface area (Å²) in [5.74, 6) is -0.198. The lowest BCUT2D eigenvalue weighted by molar-refractivity contribution is -0.384. The molecule has 22 heavy (non-hydrogen) atoms. The van der Waals surface area contributed by atoms with E-state index in [1.165, 1.54) is 24.3 Å². The van der Waals surface area contributed by atoms with Gasteiger partial charge in [0.2, 0.25) is 5.91 Å². The molecule has 6 heteroatoms. The van der Waals surface area contributed by atoms with Crippen molar-refractivity contribution in [2.24, 2.45) is 0 Å². The minimum atomic E-state index is -0.477. The smallest absolute Gasteiger partial charge is 0.269 e. The monoisotopic (exact) mass is 299 g/mol. The van der Waals surface area contributed by atoms with Gasteiger partial charge in [0.1, 0.15) is 0 Å². The lowest BCUT2D eigenvalue weighted by Crippen LogP contribution is -2.30. The second kappa shape index (κ2) is 7.33. The average molecular weight is 299 g/mol. The summed E-state index contributed by atoms with van der Waals surface area (Å²) in [4.78, 5) is 21.9. The molecule has 6 nitrogen and oxygen atoms in total. The fourth-order valence-corrected chi connectivity index (χ4v) is 1.98. The molecule has 114 valence electrons. The highest BCUT2D eigenvalue weighted by atomic mass is 16.6. The standard InChI is InChI=1S/C16H17N3O3/c1-12(13-5-3-2-4-6-13)17-11-16(20)18-14-7-9-15(10-8-14)19(21)22/h2-10,12,17H,11H2,1H3,(H,18,20)/t12-/m0/s1. The third-order valence-corrected chi connectivity index (χ3v) is 3.23. The molecule has 0 heterocycles. The van der Waals surface area contributed by atoms with Gasteiger partial charge in [0.05, 0.1) is 11.5 Å². The van der Waals surface area contributed by atoms with Crippen molar-refractivity contribution < 1.29 is 9.72 Å². The van der Waals surface area contributed by atoms with Gasteiger partial charge < -0.3 is 10.6 Å². The number of anilines is 1. The van der Waals surface area contributed by atoms with Crippen molar-refractivity contribution in [1.82, 2.24) is 5.32 Å². The number of nitro groups is 1. The molecule has 1 atom stereocenters. The van der Waals surface area contributed by atoms with Crippen LogP contribution >= 0.6 is 0 Å². The number of rotatable bonds is 6. The number of hydrogen-bond acceptors (Lipinski definition) is 4. The van der Waals surface area contributed by atoms with E-state index in [2.05, 4.69) is 10.6 Å². The SMILES string of the molecule is C[C@H](NCC(=O)Nc1ccc([N+](=O)[O-])cc1)c1ccccc1. The highest BCUT2D eigenvalue weighted by Gasteiger charge is 2.09. The molecule has 1 amide bonds. The maximum Gasteiger partial charge on any atom is 0.269 e. The molecule has 2 aromatic rings. The molecule has 0 aromatic heterocycles. The number of nitrogens with one attached hydrogen (secondary N) is 2. The van der Waals surface area contributed by atoms with E-state index in [9.17, 15) is 14.9 Å². The molecule has 0 radical (unpaired) electrons. The topological polar surface area (TPSA) is 84.3 Å². The maximum absolute atomic E-state index is 11.9. The summed E-state index contributed by atoms with van der Waals surface area (Å²) >= 11 is 0. The number of carbonyl (C=O) groups is 1. The lowest BCUT2D eigenvalue weighted by Gasteiger charge is -2.14. The van der Waals surface area contributed by atoms with Crippen LogP contribution in [0, 0.1) is 10.1 Å². The number of amides is 1. The van der Waals surface area contributed by atoms with E-state index in [-0.39, 0.29) is 24.2 Å². The van der Waals surface area contributed by atoms with Gasteiger partial charge in [-0.1, -0.05) is 30.3 Å². The van der Waals surface area contributed by atoms with Crippen molar-refractivity contribution in [1.29, 1.82) is 0 Å². The van der Waals surface area contributed by atoms with Crippen LogP contribution in [-0.2, 0) is 4.79 Å². The van der Waals surface area contributed by atoms with Gasteiger partial charge >= 0.3 is 0 Å². The Labute approximate surface area is 128 Å². The number of nitro benzene ring substituents is 1. The number of benzene rings is 2. The molecule has 0 fully saturated rings. The van der Waals surface area contributed by atoms with Crippen LogP contribution in [0.5, 0.6) is 0 Å². The van der Waals surface area contributed by atoms with Crippen LogP contribution in [0.4, 0.5) is 11.4 Å². The van der Waals surface area contributed by atoms with Crippen LogP contribution in [0.2, 0.25) is 0 Å². The number of carbonyl (C=O) groups excluding carboxylic acids is 1. The van der Waals surface area contributed by atoms with Crippen LogP contribution < -0.4 is 10.6 Å². The Hall–Kier alpha value is -2.73. The van der Waals surface area contributed by atoms with Crippen molar-refractivity contribution in [2.45, 2.75) is 13.0 Å². The first-order chi connectivity index (χ1) is 10.6. The second-order valence-corrected chi connectivity index (χ2v) is 4.87. The van der Waals surface area contributed by atoms with Crippen molar-refractivity contribution in [3.63, 3.8) is 0 Å². The molecule has 0 unspecified atom stereocenters. The summed E-state index contributed by atoms with van der Waals surface area (Å²) in [5.41, 5.74) is 1.63. The zero-order chi connectivity index (χ0) is 15.9. The van der Waals surface area contributed by atoms with Gasteiger partial charge in [0, 0.05) is 23.9 Å². The minimum Gasteiger partial charge on any atom is -0.325 e. The zero-order valence-electron chi connectivity index (χ0n) is 12.2. The summed E-state index contributed by atoms with van der Waals surface area (Å²) < 4.78 is 0. The van der Waals surface area contributed by atoms with Crippen molar-refractivity contribution in [2.75, 3.05) is 11.9 Å². The van der Waals surface area contributed by atoms with Crippen LogP contribution in [-0.4, -0.2) is 17.4 Å². The Morgan fingerprint density at radius 1 is 1.14 bits per heavy atom. The van der Waals surface area contributed by atoms with Gasteiger partial charge in [-0.3, -0.25) is 14.9 Å². The van der Waals surface area contributed by atoms with Gasteiger partial charge in [0.15, 0.2) is 0 Å². The van der Waals surface area contributed by atoms with Crippen LogP contribution in [0.25, 0.3) is 0 Å². The molecule has 0 saturated heterocycles. The quantitative estimate of drug-likeness (QED) is 0.634. The van der Waals surface area contributed by atoms with E-state index in [1.807, 2.05) is 37.3 Å². The summed E-state index contributed by atoms with van der Waals surface area (Å²) in [5, 5.41) is 16.4. The van der Waals surface area contributed by atoms with Gasteiger partial charge in [-0.15, -0.1) is 0 Å². The summed E-state index contributed by atoms with van der Waals surface area (Å²) in [6, 6.07) is 15.6. The van der Waals surface area contributed by atoms with Gasteiger partial charge in [-0.25, -0.2) is 0 Å². The van der Waals surface area contributed by atoms with Gasteiger partial charge in [-0.05, 0) is 24.6 Å². The summed E-state index contributed by atoms with van der Waals surface area (Å²) in [6.45, 7) is 2.14. The summed E-state index contributed by atoms with van der Waals surface area (Å²) in [6.07, 6.45) is 0. The minimum absolute atomic E-state index is 0.00572.